The first-order valence-electron chi connectivity index (χ1n) is 9.49. The van der Waals surface area contributed by atoms with Crippen molar-refractivity contribution in [3.63, 3.8) is 0 Å². The topological polar surface area (TPSA) is 61.9 Å². The standard InChI is InChI=1S/C20H24ClF2N3O3S/c1-25(14-17-18(21)3-2-4-19(17)23)30(27,28)24-13-20(26-9-11-29-12-10-26)15-5-7-16(22)8-6-15/h2-8,20,24H,9-14H2,1H3. The fraction of sp³-hybridized carbons (Fsp3) is 0.400. The number of halogens is 3. The Bertz CT molecular complexity index is 934. The van der Waals surface area contributed by atoms with E-state index in [4.69, 9.17) is 16.3 Å². The highest BCUT2D eigenvalue weighted by atomic mass is 35.5. The molecule has 1 heterocycles. The quantitative estimate of drug-likeness (QED) is 0.659. The van der Waals surface area contributed by atoms with Crippen LogP contribution in [-0.4, -0.2) is 57.5 Å². The van der Waals surface area contributed by atoms with Crippen LogP contribution in [0.4, 0.5) is 8.78 Å². The third-order valence-electron chi connectivity index (χ3n) is 5.05. The fourth-order valence-electron chi connectivity index (χ4n) is 3.32. The van der Waals surface area contributed by atoms with Gasteiger partial charge in [-0.25, -0.2) is 13.5 Å². The van der Waals surface area contributed by atoms with Crippen LogP contribution in [0, 0.1) is 11.6 Å². The predicted molar refractivity (Wildman–Crippen MR) is 111 cm³/mol. The van der Waals surface area contributed by atoms with Crippen molar-refractivity contribution in [1.29, 1.82) is 0 Å². The highest BCUT2D eigenvalue weighted by molar-refractivity contribution is 7.87. The first-order chi connectivity index (χ1) is 14.3. The van der Waals surface area contributed by atoms with Crippen molar-refractivity contribution >= 4 is 21.8 Å². The minimum absolute atomic E-state index is 0.0727. The molecule has 10 heteroatoms. The summed E-state index contributed by atoms with van der Waals surface area (Å²) in [5, 5.41) is 0.162. The van der Waals surface area contributed by atoms with Gasteiger partial charge in [0.2, 0.25) is 0 Å². The summed E-state index contributed by atoms with van der Waals surface area (Å²) in [6.45, 7) is 2.20. The van der Waals surface area contributed by atoms with E-state index in [0.717, 1.165) is 9.87 Å². The Kier molecular flexibility index (Phi) is 7.78. The van der Waals surface area contributed by atoms with Crippen molar-refractivity contribution in [3.05, 3.63) is 70.2 Å². The second-order valence-corrected chi connectivity index (χ2v) is 9.29. The van der Waals surface area contributed by atoms with Gasteiger partial charge >= 0.3 is 0 Å². The van der Waals surface area contributed by atoms with Gasteiger partial charge in [0.15, 0.2) is 0 Å². The Labute approximate surface area is 180 Å². The second-order valence-electron chi connectivity index (χ2n) is 7.03. The molecule has 0 amide bonds. The molecule has 6 nitrogen and oxygen atoms in total. The third kappa shape index (κ3) is 5.75. The van der Waals surface area contributed by atoms with E-state index in [2.05, 4.69) is 9.62 Å². The van der Waals surface area contributed by atoms with Crippen molar-refractivity contribution < 1.29 is 21.9 Å². The first-order valence-corrected chi connectivity index (χ1v) is 11.3. The van der Waals surface area contributed by atoms with E-state index in [1.807, 2.05) is 0 Å². The van der Waals surface area contributed by atoms with Crippen molar-refractivity contribution in [2.75, 3.05) is 39.9 Å². The van der Waals surface area contributed by atoms with Gasteiger partial charge < -0.3 is 4.74 Å². The number of morpholine rings is 1. The summed E-state index contributed by atoms with van der Waals surface area (Å²) in [4.78, 5) is 2.09. The van der Waals surface area contributed by atoms with Crippen LogP contribution in [0.5, 0.6) is 0 Å². The Morgan fingerprint density at radius 3 is 2.47 bits per heavy atom. The van der Waals surface area contributed by atoms with Crippen LogP contribution in [0.3, 0.4) is 0 Å². The van der Waals surface area contributed by atoms with Crippen LogP contribution in [0.15, 0.2) is 42.5 Å². The van der Waals surface area contributed by atoms with Crippen molar-refractivity contribution in [3.8, 4) is 0 Å². The number of hydrogen-bond donors (Lipinski definition) is 1. The molecule has 0 radical (unpaired) electrons. The summed E-state index contributed by atoms with van der Waals surface area (Å²) < 4.78 is 61.9. The zero-order valence-corrected chi connectivity index (χ0v) is 18.1. The van der Waals surface area contributed by atoms with E-state index in [-0.39, 0.29) is 35.5 Å². The van der Waals surface area contributed by atoms with Gasteiger partial charge in [0.05, 0.1) is 13.2 Å². The van der Waals surface area contributed by atoms with Gasteiger partial charge in [0.1, 0.15) is 11.6 Å². The molecular formula is C20H24ClF2N3O3S. The first kappa shape index (κ1) is 23.1. The molecule has 1 fully saturated rings. The van der Waals surface area contributed by atoms with Crippen molar-refractivity contribution in [2.24, 2.45) is 0 Å². The molecule has 1 aliphatic rings. The van der Waals surface area contributed by atoms with Crippen LogP contribution in [0.1, 0.15) is 17.2 Å². The molecule has 2 aromatic carbocycles. The number of nitrogens with one attached hydrogen (secondary N) is 1. The summed E-state index contributed by atoms with van der Waals surface area (Å²) in [5.41, 5.74) is 0.899. The number of hydrogen-bond acceptors (Lipinski definition) is 4. The van der Waals surface area contributed by atoms with Crippen molar-refractivity contribution in [2.45, 2.75) is 12.6 Å². The SMILES string of the molecule is CN(Cc1c(F)cccc1Cl)S(=O)(=O)NCC(c1ccc(F)cc1)N1CCOCC1. The molecule has 1 unspecified atom stereocenters. The maximum atomic E-state index is 14.0. The van der Waals surface area contributed by atoms with E-state index in [0.29, 0.717) is 26.3 Å². The normalized spacial score (nSPS) is 16.7. The lowest BCUT2D eigenvalue weighted by molar-refractivity contribution is 0.0171. The average molecular weight is 460 g/mol. The summed E-state index contributed by atoms with van der Waals surface area (Å²) >= 11 is 6.01. The van der Waals surface area contributed by atoms with Gasteiger partial charge in [0, 0.05) is 49.9 Å². The number of benzene rings is 2. The van der Waals surface area contributed by atoms with Crippen molar-refractivity contribution in [1.82, 2.24) is 13.9 Å². The Hall–Kier alpha value is -1.62. The average Bonchev–Trinajstić information content (AvgIpc) is 2.73. The van der Waals surface area contributed by atoms with Gasteiger partial charge in [-0.3, -0.25) is 4.90 Å². The molecule has 0 aromatic heterocycles. The zero-order chi connectivity index (χ0) is 21.7. The summed E-state index contributed by atoms with van der Waals surface area (Å²) in [7, 11) is -2.56. The summed E-state index contributed by atoms with van der Waals surface area (Å²) in [6, 6.07) is 9.90. The van der Waals surface area contributed by atoms with E-state index < -0.39 is 16.0 Å². The lowest BCUT2D eigenvalue weighted by Crippen LogP contribution is -2.46. The van der Waals surface area contributed by atoms with E-state index in [1.165, 1.54) is 37.4 Å². The summed E-state index contributed by atoms with van der Waals surface area (Å²) in [6.07, 6.45) is 0. The Balaban J connectivity index is 1.73. The molecular weight excluding hydrogens is 436 g/mol. The van der Waals surface area contributed by atoms with Crippen LogP contribution in [-0.2, 0) is 21.5 Å². The van der Waals surface area contributed by atoms with Gasteiger partial charge in [-0.05, 0) is 29.8 Å². The zero-order valence-electron chi connectivity index (χ0n) is 16.5. The van der Waals surface area contributed by atoms with Crippen LogP contribution in [0.2, 0.25) is 5.02 Å². The molecule has 3 rings (SSSR count). The molecule has 1 atom stereocenters. The summed E-state index contributed by atoms with van der Waals surface area (Å²) in [5.74, 6) is -0.927. The molecule has 164 valence electrons. The fourth-order valence-corrected chi connectivity index (χ4v) is 4.43. The minimum atomic E-state index is -3.92. The predicted octanol–water partition coefficient (Wildman–Crippen LogP) is 2.96. The van der Waals surface area contributed by atoms with Crippen LogP contribution < -0.4 is 4.72 Å². The van der Waals surface area contributed by atoms with E-state index in [1.54, 1.807) is 12.1 Å². The molecule has 30 heavy (non-hydrogen) atoms. The highest BCUT2D eigenvalue weighted by Gasteiger charge is 2.26. The van der Waals surface area contributed by atoms with E-state index in [9.17, 15) is 17.2 Å². The highest BCUT2D eigenvalue weighted by Crippen LogP contribution is 2.23. The molecule has 2 aromatic rings. The number of nitrogens with zero attached hydrogens (tertiary/aromatic N) is 2. The molecule has 0 saturated carbocycles. The lowest BCUT2D eigenvalue weighted by atomic mass is 10.0. The smallest absolute Gasteiger partial charge is 0.279 e. The lowest BCUT2D eigenvalue weighted by Gasteiger charge is -2.35. The van der Waals surface area contributed by atoms with Crippen LogP contribution in [0.25, 0.3) is 0 Å². The van der Waals surface area contributed by atoms with E-state index >= 15 is 0 Å². The Morgan fingerprint density at radius 2 is 1.83 bits per heavy atom. The largest absolute Gasteiger partial charge is 0.379 e. The molecule has 0 aliphatic carbocycles. The molecule has 1 saturated heterocycles. The minimum Gasteiger partial charge on any atom is -0.379 e. The molecule has 0 bridgehead atoms. The second kappa shape index (κ2) is 10.1. The third-order valence-corrected chi connectivity index (χ3v) is 6.89. The monoisotopic (exact) mass is 459 g/mol. The maximum absolute atomic E-state index is 14.0. The number of ether oxygens (including phenoxy) is 1. The van der Waals surface area contributed by atoms with Crippen LogP contribution >= 0.6 is 11.6 Å². The van der Waals surface area contributed by atoms with Gasteiger partial charge in [-0.15, -0.1) is 0 Å². The molecule has 1 N–H and O–H groups in total. The molecule has 1 aliphatic heterocycles. The maximum Gasteiger partial charge on any atom is 0.279 e. The Morgan fingerprint density at radius 1 is 1.17 bits per heavy atom. The molecule has 0 spiro atoms. The van der Waals surface area contributed by atoms with Gasteiger partial charge in [-0.2, -0.15) is 12.7 Å². The van der Waals surface area contributed by atoms with Gasteiger partial charge in [0.25, 0.3) is 10.2 Å². The van der Waals surface area contributed by atoms with Gasteiger partial charge in [-0.1, -0.05) is 29.8 Å². The number of rotatable bonds is 8.